The first-order chi connectivity index (χ1) is 5.04. The van der Waals surface area contributed by atoms with Crippen molar-refractivity contribution >= 4 is 5.91 Å². The summed E-state index contributed by atoms with van der Waals surface area (Å²) in [5.41, 5.74) is 5.11. The van der Waals surface area contributed by atoms with E-state index in [4.69, 9.17) is 5.73 Å². The topological polar surface area (TPSA) is 72.1 Å². The van der Waals surface area contributed by atoms with Crippen LogP contribution in [0, 0.1) is 0 Å². The lowest BCUT2D eigenvalue weighted by atomic mass is 10.4. The van der Waals surface area contributed by atoms with Gasteiger partial charge in [0.2, 0.25) is 6.33 Å². The van der Waals surface area contributed by atoms with Crippen LogP contribution in [0.2, 0.25) is 0 Å². The molecule has 0 atom stereocenters. The number of imidazole rings is 1. The number of nitrogens with zero attached hydrogens (tertiary/aromatic N) is 2. The van der Waals surface area contributed by atoms with Gasteiger partial charge in [0.15, 0.2) is 0 Å². The standard InChI is InChI=1S/C6H9N3O2/c1-8-3-9(2)6(11)4(8)5(7)10/h3H,1-2H3,(H2-,7,10,11)/p+1. The molecule has 0 fully saturated rings. The summed E-state index contributed by atoms with van der Waals surface area (Å²) in [6, 6.07) is 0. The molecule has 1 aromatic rings. The summed E-state index contributed by atoms with van der Waals surface area (Å²) in [6.45, 7) is 0. The highest BCUT2D eigenvalue weighted by molar-refractivity contribution is 5.92. The molecule has 60 valence electrons. The van der Waals surface area contributed by atoms with E-state index in [0.29, 0.717) is 0 Å². The van der Waals surface area contributed by atoms with Crippen molar-refractivity contribution in [2.24, 2.45) is 19.8 Å². The predicted octanol–water partition coefficient (Wildman–Crippen LogP) is -1.35. The smallest absolute Gasteiger partial charge is 0.335 e. The minimum absolute atomic E-state index is 0.111. The molecule has 1 amide bonds. The molecule has 1 heterocycles. The molecule has 0 aliphatic rings. The van der Waals surface area contributed by atoms with E-state index in [9.17, 15) is 9.90 Å². The third-order valence-electron chi connectivity index (χ3n) is 1.48. The van der Waals surface area contributed by atoms with Gasteiger partial charge in [0, 0.05) is 0 Å². The van der Waals surface area contributed by atoms with Crippen LogP contribution in [0.5, 0.6) is 5.88 Å². The van der Waals surface area contributed by atoms with Gasteiger partial charge in [0.1, 0.15) is 0 Å². The van der Waals surface area contributed by atoms with Crippen LogP contribution in [0.25, 0.3) is 0 Å². The summed E-state index contributed by atoms with van der Waals surface area (Å²) >= 11 is 0. The Balaban J connectivity index is 3.34. The molecule has 5 nitrogen and oxygen atoms in total. The number of hydrogen-bond acceptors (Lipinski definition) is 2. The Morgan fingerprint density at radius 1 is 1.82 bits per heavy atom. The first kappa shape index (κ1) is 7.59. The lowest BCUT2D eigenvalue weighted by molar-refractivity contribution is -0.677. The second-order valence-electron chi connectivity index (χ2n) is 2.37. The molecule has 0 aliphatic carbocycles. The molecule has 0 spiro atoms. The van der Waals surface area contributed by atoms with Crippen molar-refractivity contribution in [3.05, 3.63) is 12.0 Å². The Morgan fingerprint density at radius 3 is 2.55 bits per heavy atom. The summed E-state index contributed by atoms with van der Waals surface area (Å²) < 4.78 is 2.89. The van der Waals surface area contributed by atoms with Gasteiger partial charge < -0.3 is 10.8 Å². The minimum Gasteiger partial charge on any atom is -0.475 e. The van der Waals surface area contributed by atoms with Crippen molar-refractivity contribution in [3.63, 3.8) is 0 Å². The van der Waals surface area contributed by atoms with Crippen molar-refractivity contribution in [1.82, 2.24) is 4.57 Å². The van der Waals surface area contributed by atoms with Gasteiger partial charge in [0.05, 0.1) is 14.1 Å². The first-order valence-corrected chi connectivity index (χ1v) is 3.07. The fraction of sp³-hybridized carbons (Fsp3) is 0.333. The Morgan fingerprint density at radius 2 is 2.36 bits per heavy atom. The average molecular weight is 156 g/mol. The van der Waals surface area contributed by atoms with E-state index >= 15 is 0 Å². The quantitative estimate of drug-likeness (QED) is 0.494. The van der Waals surface area contributed by atoms with Crippen molar-refractivity contribution in [1.29, 1.82) is 0 Å². The van der Waals surface area contributed by atoms with Crippen LogP contribution in [0.15, 0.2) is 6.33 Å². The molecule has 0 saturated heterocycles. The van der Waals surface area contributed by atoms with Gasteiger partial charge >= 0.3 is 5.88 Å². The van der Waals surface area contributed by atoms with Crippen molar-refractivity contribution < 1.29 is 14.5 Å². The highest BCUT2D eigenvalue weighted by Gasteiger charge is 2.22. The molecular weight excluding hydrogens is 146 g/mol. The van der Waals surface area contributed by atoms with Crippen LogP contribution in [0.3, 0.4) is 0 Å². The number of rotatable bonds is 1. The van der Waals surface area contributed by atoms with Gasteiger partial charge in [-0.15, -0.1) is 0 Å². The molecule has 1 rings (SSSR count). The maximum Gasteiger partial charge on any atom is 0.335 e. The van der Waals surface area contributed by atoms with E-state index in [2.05, 4.69) is 0 Å². The number of carbonyl (C=O) groups is 1. The van der Waals surface area contributed by atoms with Crippen molar-refractivity contribution in [3.8, 4) is 5.88 Å². The van der Waals surface area contributed by atoms with Crippen LogP contribution < -0.4 is 10.3 Å². The Hall–Kier alpha value is -1.52. The van der Waals surface area contributed by atoms with Gasteiger partial charge in [0.25, 0.3) is 11.6 Å². The van der Waals surface area contributed by atoms with E-state index in [0.717, 1.165) is 0 Å². The van der Waals surface area contributed by atoms with Gasteiger partial charge in [-0.25, -0.2) is 9.13 Å². The normalized spacial score (nSPS) is 10.0. The zero-order valence-electron chi connectivity index (χ0n) is 6.40. The summed E-state index contributed by atoms with van der Waals surface area (Å²) in [5.74, 6) is -0.745. The third kappa shape index (κ3) is 1.04. The van der Waals surface area contributed by atoms with Gasteiger partial charge in [-0.05, 0) is 0 Å². The molecule has 5 heteroatoms. The molecule has 0 unspecified atom stereocenters. The molecular formula is C6H10N3O2+. The molecule has 11 heavy (non-hydrogen) atoms. The van der Waals surface area contributed by atoms with Gasteiger partial charge in [-0.3, -0.25) is 4.79 Å². The fourth-order valence-corrected chi connectivity index (χ4v) is 0.981. The number of aromatic hydroxyl groups is 1. The Bertz CT molecular complexity index is 303. The SMILES string of the molecule is Cn1c[n+](C)c(O)c1C(N)=O. The largest absolute Gasteiger partial charge is 0.475 e. The van der Waals surface area contributed by atoms with E-state index in [-0.39, 0.29) is 11.6 Å². The van der Waals surface area contributed by atoms with Crippen LogP contribution >= 0.6 is 0 Å². The number of amides is 1. The lowest BCUT2D eigenvalue weighted by Gasteiger charge is -1.87. The molecule has 0 bridgehead atoms. The number of primary amides is 1. The molecule has 1 aromatic heterocycles. The highest BCUT2D eigenvalue weighted by Crippen LogP contribution is 2.08. The molecule has 0 saturated carbocycles. The third-order valence-corrected chi connectivity index (χ3v) is 1.48. The molecule has 0 aliphatic heterocycles. The lowest BCUT2D eigenvalue weighted by Crippen LogP contribution is -2.25. The predicted molar refractivity (Wildman–Crippen MR) is 36.8 cm³/mol. The summed E-state index contributed by atoms with van der Waals surface area (Å²) in [4.78, 5) is 10.7. The van der Waals surface area contributed by atoms with E-state index in [1.54, 1.807) is 20.4 Å². The monoisotopic (exact) mass is 156 g/mol. The van der Waals surface area contributed by atoms with Gasteiger partial charge in [-0.1, -0.05) is 0 Å². The number of aryl methyl sites for hydroxylation is 2. The Labute approximate surface area is 63.7 Å². The first-order valence-electron chi connectivity index (χ1n) is 3.07. The second-order valence-corrected chi connectivity index (χ2v) is 2.37. The van der Waals surface area contributed by atoms with Crippen molar-refractivity contribution in [2.75, 3.05) is 0 Å². The number of aromatic nitrogens is 2. The summed E-state index contributed by atoms with van der Waals surface area (Å²) in [6.07, 6.45) is 1.56. The van der Waals surface area contributed by atoms with E-state index in [1.807, 2.05) is 0 Å². The zero-order valence-corrected chi connectivity index (χ0v) is 6.40. The fourth-order valence-electron chi connectivity index (χ4n) is 0.981. The highest BCUT2D eigenvalue weighted by atomic mass is 16.3. The van der Waals surface area contributed by atoms with E-state index < -0.39 is 5.91 Å². The molecule has 3 N–H and O–H groups in total. The zero-order chi connectivity index (χ0) is 8.59. The van der Waals surface area contributed by atoms with E-state index in [1.165, 1.54) is 9.13 Å². The van der Waals surface area contributed by atoms with Crippen LogP contribution in [-0.2, 0) is 14.1 Å². The van der Waals surface area contributed by atoms with Gasteiger partial charge in [-0.2, -0.15) is 0 Å². The summed E-state index contributed by atoms with van der Waals surface area (Å²) in [5, 5.41) is 9.23. The number of carbonyl (C=O) groups excluding carboxylic acids is 1. The second kappa shape index (κ2) is 2.26. The van der Waals surface area contributed by atoms with Crippen LogP contribution in [0.1, 0.15) is 10.5 Å². The Kier molecular flexibility index (Phi) is 1.56. The molecule has 0 radical (unpaired) electrons. The number of nitrogens with two attached hydrogens (primary N) is 1. The maximum atomic E-state index is 10.7. The molecule has 0 aromatic carbocycles. The maximum absolute atomic E-state index is 10.7. The summed E-state index contributed by atoms with van der Waals surface area (Å²) in [7, 11) is 3.27. The van der Waals surface area contributed by atoms with Crippen LogP contribution in [-0.4, -0.2) is 15.6 Å². The minimum atomic E-state index is -0.634. The van der Waals surface area contributed by atoms with Crippen molar-refractivity contribution in [2.45, 2.75) is 0 Å². The number of hydrogen-bond donors (Lipinski definition) is 2. The average Bonchev–Trinajstić information content (AvgIpc) is 2.07. The van der Waals surface area contributed by atoms with Crippen LogP contribution in [0.4, 0.5) is 0 Å².